The molecule has 1 aromatic rings. The van der Waals surface area contributed by atoms with E-state index in [0.29, 0.717) is 16.7 Å². The average Bonchev–Trinajstić information content (AvgIpc) is 2.66. The van der Waals surface area contributed by atoms with Crippen molar-refractivity contribution in [3.63, 3.8) is 0 Å². The second-order valence-corrected chi connectivity index (χ2v) is 6.55. The van der Waals surface area contributed by atoms with Crippen LogP contribution in [0.5, 0.6) is 0 Å². The van der Waals surface area contributed by atoms with Gasteiger partial charge in [-0.05, 0) is 34.1 Å². The summed E-state index contributed by atoms with van der Waals surface area (Å²) in [6, 6.07) is 4.12. The molecule has 0 spiro atoms. The molecule has 1 aromatic carbocycles. The van der Waals surface area contributed by atoms with Gasteiger partial charge in [0, 0.05) is 29.2 Å². The number of nitrogen functional groups attached to an aromatic ring is 1. The highest BCUT2D eigenvalue weighted by Gasteiger charge is 2.27. The van der Waals surface area contributed by atoms with Crippen molar-refractivity contribution in [1.29, 1.82) is 0 Å². The van der Waals surface area contributed by atoms with E-state index in [-0.39, 0.29) is 17.2 Å². The number of hydrogen-bond donors (Lipinski definition) is 3. The summed E-state index contributed by atoms with van der Waals surface area (Å²) in [5.41, 5.74) is 5.94. The minimum Gasteiger partial charge on any atom is -0.399 e. The molecule has 1 heterocycles. The lowest BCUT2D eigenvalue weighted by molar-refractivity contribution is -0.119. The molecule has 1 aliphatic heterocycles. The molecule has 1 amide bonds. The Bertz CT molecular complexity index is 588. The summed E-state index contributed by atoms with van der Waals surface area (Å²) in [7, 11) is -3.69. The van der Waals surface area contributed by atoms with Crippen molar-refractivity contribution >= 4 is 37.5 Å². The molecular formula is C10H12BrN3O3S. The summed E-state index contributed by atoms with van der Waals surface area (Å²) in [4.78, 5) is 11.1. The van der Waals surface area contributed by atoms with Crippen molar-refractivity contribution in [3.8, 4) is 0 Å². The van der Waals surface area contributed by atoms with E-state index >= 15 is 0 Å². The van der Waals surface area contributed by atoms with E-state index in [9.17, 15) is 13.2 Å². The number of nitrogens with one attached hydrogen (secondary N) is 2. The van der Waals surface area contributed by atoms with Gasteiger partial charge in [0.2, 0.25) is 15.9 Å². The van der Waals surface area contributed by atoms with Crippen LogP contribution in [0.3, 0.4) is 0 Å². The average molecular weight is 334 g/mol. The summed E-state index contributed by atoms with van der Waals surface area (Å²) in [6.45, 7) is 0.304. The zero-order chi connectivity index (χ0) is 13.3. The Morgan fingerprint density at radius 3 is 2.78 bits per heavy atom. The van der Waals surface area contributed by atoms with Crippen molar-refractivity contribution in [2.45, 2.75) is 17.4 Å². The van der Waals surface area contributed by atoms with Crippen molar-refractivity contribution < 1.29 is 13.2 Å². The van der Waals surface area contributed by atoms with Crippen LogP contribution in [-0.4, -0.2) is 26.9 Å². The van der Waals surface area contributed by atoms with Crippen LogP contribution >= 0.6 is 15.9 Å². The van der Waals surface area contributed by atoms with Crippen LogP contribution in [0, 0.1) is 0 Å². The lowest BCUT2D eigenvalue weighted by Gasteiger charge is -2.12. The first-order chi connectivity index (χ1) is 8.38. The van der Waals surface area contributed by atoms with Gasteiger partial charge in [-0.15, -0.1) is 0 Å². The fourth-order valence-corrected chi connectivity index (χ4v) is 3.93. The van der Waals surface area contributed by atoms with Crippen molar-refractivity contribution in [2.24, 2.45) is 0 Å². The lowest BCUT2D eigenvalue weighted by atomic mass is 10.3. The molecule has 8 heteroatoms. The largest absolute Gasteiger partial charge is 0.399 e. The molecule has 1 aliphatic rings. The van der Waals surface area contributed by atoms with Crippen molar-refractivity contribution in [2.75, 3.05) is 12.3 Å². The van der Waals surface area contributed by atoms with Crippen LogP contribution < -0.4 is 15.8 Å². The summed E-state index contributed by atoms with van der Waals surface area (Å²) in [5, 5.41) is 2.57. The highest BCUT2D eigenvalue weighted by atomic mass is 79.9. The van der Waals surface area contributed by atoms with Crippen LogP contribution in [0.2, 0.25) is 0 Å². The second kappa shape index (κ2) is 4.87. The minimum absolute atomic E-state index is 0.0712. The fourth-order valence-electron chi connectivity index (χ4n) is 1.70. The summed E-state index contributed by atoms with van der Waals surface area (Å²) in [6.07, 6.45) is 0.152. The van der Waals surface area contributed by atoms with Crippen molar-refractivity contribution in [1.82, 2.24) is 10.0 Å². The predicted octanol–water partition coefficient (Wildman–Crippen LogP) is 0.198. The van der Waals surface area contributed by atoms with Crippen LogP contribution in [0.15, 0.2) is 27.6 Å². The Balaban J connectivity index is 2.25. The van der Waals surface area contributed by atoms with Gasteiger partial charge in [0.1, 0.15) is 0 Å². The van der Waals surface area contributed by atoms with Gasteiger partial charge in [-0.1, -0.05) is 0 Å². The summed E-state index contributed by atoms with van der Waals surface area (Å²) in [5.74, 6) is -0.158. The quantitative estimate of drug-likeness (QED) is 0.687. The van der Waals surface area contributed by atoms with Gasteiger partial charge in [-0.2, -0.15) is 0 Å². The molecule has 1 unspecified atom stereocenters. The maximum Gasteiger partial charge on any atom is 0.242 e. The van der Waals surface area contributed by atoms with Gasteiger partial charge in [-0.3, -0.25) is 4.79 Å². The van der Waals surface area contributed by atoms with Crippen molar-refractivity contribution in [3.05, 3.63) is 22.7 Å². The molecule has 98 valence electrons. The smallest absolute Gasteiger partial charge is 0.242 e. The lowest BCUT2D eigenvalue weighted by Crippen LogP contribution is -2.36. The number of hydrogen-bond acceptors (Lipinski definition) is 4. The Labute approximate surface area is 113 Å². The first-order valence-electron chi connectivity index (χ1n) is 5.22. The highest BCUT2D eigenvalue weighted by Crippen LogP contribution is 2.24. The highest BCUT2D eigenvalue weighted by molar-refractivity contribution is 9.10. The third-order valence-electron chi connectivity index (χ3n) is 2.54. The van der Waals surface area contributed by atoms with Crippen LogP contribution in [0.25, 0.3) is 0 Å². The monoisotopic (exact) mass is 333 g/mol. The number of carbonyl (C=O) groups excluding carboxylic acids is 1. The first kappa shape index (κ1) is 13.3. The van der Waals surface area contributed by atoms with E-state index in [2.05, 4.69) is 26.0 Å². The standard InChI is InChI=1S/C10H12BrN3O3S/c11-8-2-1-6(12)3-9(8)18(16,17)14-7-4-10(15)13-5-7/h1-3,7,14H,4-5,12H2,(H,13,15). The number of nitrogens with two attached hydrogens (primary N) is 1. The molecule has 18 heavy (non-hydrogen) atoms. The normalized spacial score (nSPS) is 19.8. The third kappa shape index (κ3) is 2.82. The molecule has 1 atom stereocenters. The van der Waals surface area contributed by atoms with Crippen LogP contribution in [0.1, 0.15) is 6.42 Å². The maximum absolute atomic E-state index is 12.1. The van der Waals surface area contributed by atoms with Gasteiger partial charge in [-0.25, -0.2) is 13.1 Å². The van der Waals surface area contributed by atoms with Gasteiger partial charge >= 0.3 is 0 Å². The van der Waals surface area contributed by atoms with E-state index in [0.717, 1.165) is 0 Å². The SMILES string of the molecule is Nc1ccc(Br)c(S(=O)(=O)NC2CNC(=O)C2)c1. The van der Waals surface area contributed by atoms with E-state index in [4.69, 9.17) is 5.73 Å². The third-order valence-corrected chi connectivity index (χ3v) is 5.06. The maximum atomic E-state index is 12.1. The molecule has 0 aliphatic carbocycles. The molecule has 1 saturated heterocycles. The Kier molecular flexibility index (Phi) is 3.60. The predicted molar refractivity (Wildman–Crippen MR) is 70.3 cm³/mol. The number of halogens is 1. The van der Waals surface area contributed by atoms with E-state index < -0.39 is 16.1 Å². The Hall–Kier alpha value is -1.12. The molecule has 0 saturated carbocycles. The van der Waals surface area contributed by atoms with E-state index in [1.807, 2.05) is 0 Å². The number of anilines is 1. The topological polar surface area (TPSA) is 101 Å². The number of sulfonamides is 1. The van der Waals surface area contributed by atoms with E-state index in [1.165, 1.54) is 6.07 Å². The Morgan fingerprint density at radius 2 is 2.17 bits per heavy atom. The molecule has 0 aromatic heterocycles. The zero-order valence-corrected chi connectivity index (χ0v) is 11.7. The number of benzene rings is 1. The number of amides is 1. The minimum atomic E-state index is -3.69. The summed E-state index contributed by atoms with van der Waals surface area (Å²) >= 11 is 3.17. The van der Waals surface area contributed by atoms with Gasteiger partial charge in [0.25, 0.3) is 0 Å². The van der Waals surface area contributed by atoms with Gasteiger partial charge < -0.3 is 11.1 Å². The Morgan fingerprint density at radius 1 is 1.44 bits per heavy atom. The number of carbonyl (C=O) groups is 1. The first-order valence-corrected chi connectivity index (χ1v) is 7.50. The fraction of sp³-hybridized carbons (Fsp3) is 0.300. The molecule has 1 fully saturated rings. The summed E-state index contributed by atoms with van der Waals surface area (Å²) < 4.78 is 27.2. The molecule has 6 nitrogen and oxygen atoms in total. The molecule has 2 rings (SSSR count). The van der Waals surface area contributed by atoms with Gasteiger partial charge in [0.15, 0.2) is 0 Å². The molecule has 0 bridgehead atoms. The second-order valence-electron chi connectivity index (χ2n) is 4.02. The molecular weight excluding hydrogens is 322 g/mol. The molecule has 4 N–H and O–H groups in total. The van der Waals surface area contributed by atoms with Gasteiger partial charge in [0.05, 0.1) is 4.90 Å². The number of rotatable bonds is 3. The molecule has 0 radical (unpaired) electrons. The zero-order valence-electron chi connectivity index (χ0n) is 9.31. The van der Waals surface area contributed by atoms with E-state index in [1.54, 1.807) is 12.1 Å². The van der Waals surface area contributed by atoms with Crippen LogP contribution in [-0.2, 0) is 14.8 Å². The van der Waals surface area contributed by atoms with Crippen LogP contribution in [0.4, 0.5) is 5.69 Å².